The van der Waals surface area contributed by atoms with Gasteiger partial charge in [-0.2, -0.15) is 0 Å². The average Bonchev–Trinajstić information content (AvgIpc) is 2.74. The molecular formula is C15H24N2O2. The van der Waals surface area contributed by atoms with Gasteiger partial charge in [0.2, 0.25) is 0 Å². The number of hydrogen-bond acceptors (Lipinski definition) is 4. The fourth-order valence-corrected chi connectivity index (χ4v) is 2.47. The van der Waals surface area contributed by atoms with E-state index < -0.39 is 0 Å². The van der Waals surface area contributed by atoms with Crippen LogP contribution in [-0.4, -0.2) is 45.3 Å². The normalized spacial score (nSPS) is 17.4. The topological polar surface area (TPSA) is 33.7 Å². The molecule has 0 fully saturated rings. The van der Waals surface area contributed by atoms with Crippen LogP contribution < -0.4 is 14.8 Å². The maximum absolute atomic E-state index is 5.82. The van der Waals surface area contributed by atoms with Crippen LogP contribution in [0.15, 0.2) is 12.1 Å². The molecule has 0 amide bonds. The van der Waals surface area contributed by atoms with Crippen molar-refractivity contribution in [2.45, 2.75) is 26.0 Å². The van der Waals surface area contributed by atoms with E-state index in [2.05, 4.69) is 36.3 Å². The molecule has 4 heteroatoms. The standard InChI is InChI=1S/C15H24N2O2/c1-11-7-12-8-14(18-4)13(9-15(12)19-11)10-17(3)6-5-16-2/h8-9,11,16H,5-7,10H2,1-4H3. The van der Waals surface area contributed by atoms with Gasteiger partial charge in [0, 0.05) is 37.2 Å². The molecule has 1 aromatic rings. The van der Waals surface area contributed by atoms with E-state index >= 15 is 0 Å². The molecule has 4 nitrogen and oxygen atoms in total. The fraction of sp³-hybridized carbons (Fsp3) is 0.600. The second-order valence-corrected chi connectivity index (χ2v) is 5.25. The van der Waals surface area contributed by atoms with Gasteiger partial charge in [0.05, 0.1) is 7.11 Å². The van der Waals surface area contributed by atoms with Crippen molar-refractivity contribution in [2.75, 3.05) is 34.3 Å². The van der Waals surface area contributed by atoms with Gasteiger partial charge in [0.25, 0.3) is 0 Å². The van der Waals surface area contributed by atoms with Gasteiger partial charge >= 0.3 is 0 Å². The number of hydrogen-bond donors (Lipinski definition) is 1. The van der Waals surface area contributed by atoms with Crippen LogP contribution in [0.2, 0.25) is 0 Å². The number of methoxy groups -OCH3 is 1. The number of rotatable bonds is 6. The first kappa shape index (κ1) is 14.2. The summed E-state index contributed by atoms with van der Waals surface area (Å²) in [6, 6.07) is 4.26. The van der Waals surface area contributed by atoms with E-state index in [1.165, 1.54) is 11.1 Å². The molecular weight excluding hydrogens is 240 g/mol. The summed E-state index contributed by atoms with van der Waals surface area (Å²) in [4.78, 5) is 2.28. The smallest absolute Gasteiger partial charge is 0.123 e. The van der Waals surface area contributed by atoms with Gasteiger partial charge < -0.3 is 19.7 Å². The van der Waals surface area contributed by atoms with Crippen molar-refractivity contribution in [3.05, 3.63) is 23.3 Å². The molecule has 0 saturated carbocycles. The van der Waals surface area contributed by atoms with E-state index in [-0.39, 0.29) is 6.10 Å². The SMILES string of the molecule is CNCCN(C)Cc1cc2c(cc1OC)CC(C)O2. The first-order chi connectivity index (χ1) is 9.13. The summed E-state index contributed by atoms with van der Waals surface area (Å²) in [5.74, 6) is 1.98. The van der Waals surface area contributed by atoms with Gasteiger partial charge in [-0.1, -0.05) is 0 Å². The Kier molecular flexibility index (Phi) is 4.66. The first-order valence-electron chi connectivity index (χ1n) is 6.83. The second kappa shape index (κ2) is 6.26. The third kappa shape index (κ3) is 3.39. The zero-order chi connectivity index (χ0) is 13.8. The minimum Gasteiger partial charge on any atom is -0.496 e. The summed E-state index contributed by atoms with van der Waals surface area (Å²) in [6.07, 6.45) is 1.25. The Bertz CT molecular complexity index is 434. The molecule has 0 aliphatic carbocycles. The van der Waals surface area contributed by atoms with E-state index in [0.717, 1.165) is 37.6 Å². The summed E-state index contributed by atoms with van der Waals surface area (Å²) in [5, 5.41) is 3.16. The number of nitrogens with one attached hydrogen (secondary N) is 1. The minimum atomic E-state index is 0.275. The molecule has 1 atom stereocenters. The van der Waals surface area contributed by atoms with Crippen LogP contribution >= 0.6 is 0 Å². The lowest BCUT2D eigenvalue weighted by Crippen LogP contribution is -2.27. The highest BCUT2D eigenvalue weighted by molar-refractivity contribution is 5.48. The Labute approximate surface area is 115 Å². The lowest BCUT2D eigenvalue weighted by Gasteiger charge is -2.19. The van der Waals surface area contributed by atoms with E-state index in [9.17, 15) is 0 Å². The summed E-state index contributed by atoms with van der Waals surface area (Å²) in [7, 11) is 5.82. The molecule has 1 aromatic carbocycles. The third-order valence-corrected chi connectivity index (χ3v) is 3.48. The number of ether oxygens (including phenoxy) is 2. The molecule has 1 unspecified atom stereocenters. The monoisotopic (exact) mass is 264 g/mol. The molecule has 2 rings (SSSR count). The predicted molar refractivity (Wildman–Crippen MR) is 77.0 cm³/mol. The van der Waals surface area contributed by atoms with Crippen molar-refractivity contribution in [1.29, 1.82) is 0 Å². The Hall–Kier alpha value is -1.26. The minimum absolute atomic E-state index is 0.275. The molecule has 1 aliphatic rings. The quantitative estimate of drug-likeness (QED) is 0.847. The summed E-state index contributed by atoms with van der Waals surface area (Å²) in [5.41, 5.74) is 2.44. The number of nitrogens with zero attached hydrogens (tertiary/aromatic N) is 1. The van der Waals surface area contributed by atoms with Crippen LogP contribution in [0.1, 0.15) is 18.1 Å². The van der Waals surface area contributed by atoms with Gasteiger partial charge in [-0.15, -0.1) is 0 Å². The Morgan fingerprint density at radius 2 is 2.26 bits per heavy atom. The second-order valence-electron chi connectivity index (χ2n) is 5.25. The van der Waals surface area contributed by atoms with Gasteiger partial charge in [-0.3, -0.25) is 0 Å². The Balaban J connectivity index is 2.13. The molecule has 1 aliphatic heterocycles. The molecule has 0 radical (unpaired) electrons. The lowest BCUT2D eigenvalue weighted by atomic mass is 10.1. The maximum atomic E-state index is 5.82. The van der Waals surface area contributed by atoms with E-state index in [1.807, 2.05) is 7.05 Å². The largest absolute Gasteiger partial charge is 0.496 e. The van der Waals surface area contributed by atoms with Gasteiger partial charge in [0.15, 0.2) is 0 Å². The fourth-order valence-electron chi connectivity index (χ4n) is 2.47. The molecule has 0 bridgehead atoms. The molecule has 19 heavy (non-hydrogen) atoms. The Morgan fingerprint density at radius 1 is 1.47 bits per heavy atom. The van der Waals surface area contributed by atoms with Crippen molar-refractivity contribution in [1.82, 2.24) is 10.2 Å². The van der Waals surface area contributed by atoms with Crippen molar-refractivity contribution in [3.8, 4) is 11.5 Å². The van der Waals surface area contributed by atoms with Crippen LogP contribution in [0.5, 0.6) is 11.5 Å². The van der Waals surface area contributed by atoms with Crippen molar-refractivity contribution in [3.63, 3.8) is 0 Å². The number of benzene rings is 1. The average molecular weight is 264 g/mol. The predicted octanol–water partition coefficient (Wildman–Crippen LogP) is 1.67. The van der Waals surface area contributed by atoms with E-state index in [1.54, 1.807) is 7.11 Å². The van der Waals surface area contributed by atoms with Crippen LogP contribution in [0.3, 0.4) is 0 Å². The summed E-state index contributed by atoms with van der Waals surface area (Å²) in [6.45, 7) is 4.96. The van der Waals surface area contributed by atoms with Gasteiger partial charge in [-0.25, -0.2) is 0 Å². The van der Waals surface area contributed by atoms with Gasteiger partial charge in [-0.05, 0) is 33.2 Å². The first-order valence-corrected chi connectivity index (χ1v) is 6.83. The van der Waals surface area contributed by atoms with E-state index in [4.69, 9.17) is 9.47 Å². The zero-order valence-corrected chi connectivity index (χ0v) is 12.3. The molecule has 1 heterocycles. The molecule has 1 N–H and O–H groups in total. The van der Waals surface area contributed by atoms with Crippen molar-refractivity contribution < 1.29 is 9.47 Å². The molecule has 0 aromatic heterocycles. The van der Waals surface area contributed by atoms with Crippen LogP contribution in [0, 0.1) is 0 Å². The molecule has 106 valence electrons. The highest BCUT2D eigenvalue weighted by Gasteiger charge is 2.21. The summed E-state index contributed by atoms with van der Waals surface area (Å²) >= 11 is 0. The van der Waals surface area contributed by atoms with Crippen LogP contribution in [0.4, 0.5) is 0 Å². The highest BCUT2D eigenvalue weighted by Crippen LogP contribution is 2.35. The molecule has 0 spiro atoms. The number of likely N-dealkylation sites (N-methyl/N-ethyl adjacent to an activating group) is 2. The zero-order valence-electron chi connectivity index (χ0n) is 12.3. The van der Waals surface area contributed by atoms with E-state index in [0.29, 0.717) is 0 Å². The Morgan fingerprint density at radius 3 is 2.95 bits per heavy atom. The maximum Gasteiger partial charge on any atom is 0.123 e. The highest BCUT2D eigenvalue weighted by atomic mass is 16.5. The molecule has 0 saturated heterocycles. The van der Waals surface area contributed by atoms with Crippen LogP contribution in [-0.2, 0) is 13.0 Å². The van der Waals surface area contributed by atoms with Crippen LogP contribution in [0.25, 0.3) is 0 Å². The van der Waals surface area contributed by atoms with Gasteiger partial charge in [0.1, 0.15) is 17.6 Å². The van der Waals surface area contributed by atoms with Crippen molar-refractivity contribution >= 4 is 0 Å². The summed E-state index contributed by atoms with van der Waals surface area (Å²) < 4.78 is 11.3. The number of fused-ring (bicyclic) bond motifs is 1. The third-order valence-electron chi connectivity index (χ3n) is 3.48. The van der Waals surface area contributed by atoms with Crippen molar-refractivity contribution in [2.24, 2.45) is 0 Å². The lowest BCUT2D eigenvalue weighted by molar-refractivity contribution is 0.254.